The van der Waals surface area contributed by atoms with Crippen molar-refractivity contribution in [2.24, 2.45) is 5.10 Å². The molecule has 3 aliphatic rings. The lowest BCUT2D eigenvalue weighted by molar-refractivity contribution is -0.118. The van der Waals surface area contributed by atoms with Gasteiger partial charge in [-0.15, -0.1) is 0 Å². The zero-order chi connectivity index (χ0) is 21.2. The number of halogens is 1. The first kappa shape index (κ1) is 20.2. The van der Waals surface area contributed by atoms with E-state index in [0.717, 1.165) is 17.2 Å². The van der Waals surface area contributed by atoms with Crippen LogP contribution >= 0.6 is 23.4 Å². The quantitative estimate of drug-likeness (QED) is 0.645. The summed E-state index contributed by atoms with van der Waals surface area (Å²) in [6.45, 7) is 0.416. The van der Waals surface area contributed by atoms with Crippen molar-refractivity contribution < 1.29 is 4.79 Å². The van der Waals surface area contributed by atoms with E-state index in [4.69, 9.17) is 11.6 Å². The van der Waals surface area contributed by atoms with Gasteiger partial charge < -0.3 is 15.2 Å². The van der Waals surface area contributed by atoms with Crippen molar-refractivity contribution >= 4 is 34.4 Å². The summed E-state index contributed by atoms with van der Waals surface area (Å²) in [6, 6.07) is 18.5. The van der Waals surface area contributed by atoms with Crippen LogP contribution in [-0.2, 0) is 11.3 Å². The van der Waals surface area contributed by atoms with E-state index in [1.54, 1.807) is 0 Å². The highest BCUT2D eigenvalue weighted by Gasteiger charge is 2.44. The van der Waals surface area contributed by atoms with Gasteiger partial charge in [-0.25, -0.2) is 5.43 Å². The summed E-state index contributed by atoms with van der Waals surface area (Å²) in [5.41, 5.74) is 9.01. The number of carbonyl (C=O) groups is 1. The Labute approximate surface area is 190 Å². The van der Waals surface area contributed by atoms with E-state index in [-0.39, 0.29) is 24.2 Å². The molecule has 160 valence electrons. The van der Waals surface area contributed by atoms with Crippen LogP contribution < -0.4 is 16.2 Å². The van der Waals surface area contributed by atoms with Crippen LogP contribution in [-0.4, -0.2) is 38.9 Å². The molecule has 1 saturated heterocycles. The van der Waals surface area contributed by atoms with Gasteiger partial charge >= 0.3 is 0 Å². The number of hydrogen-bond donors (Lipinski definition) is 3. The minimum atomic E-state index is -0.0506. The van der Waals surface area contributed by atoms with E-state index >= 15 is 0 Å². The smallest absolute Gasteiger partial charge is 0.230 e. The minimum absolute atomic E-state index is 0.0416. The summed E-state index contributed by atoms with van der Waals surface area (Å²) < 4.78 is 0. The van der Waals surface area contributed by atoms with Gasteiger partial charge in [0.25, 0.3) is 0 Å². The van der Waals surface area contributed by atoms with Crippen molar-refractivity contribution in [1.82, 2.24) is 26.1 Å². The second-order valence-electron chi connectivity index (χ2n) is 7.63. The number of hydrogen-bond acceptors (Lipinski definition) is 7. The Kier molecular flexibility index (Phi) is 5.76. The second-order valence-corrected chi connectivity index (χ2v) is 8.98. The topological polar surface area (TPSA) is 72.0 Å². The Morgan fingerprint density at radius 2 is 1.97 bits per heavy atom. The molecule has 0 bridgehead atoms. The van der Waals surface area contributed by atoms with Crippen LogP contribution in [0.1, 0.15) is 23.6 Å². The molecule has 1 amide bonds. The third kappa shape index (κ3) is 4.23. The molecule has 2 aromatic rings. The molecule has 0 spiro atoms. The molecule has 2 aromatic carbocycles. The maximum absolute atomic E-state index is 12.3. The first-order valence-electron chi connectivity index (χ1n) is 10.2. The molecule has 0 aliphatic carbocycles. The number of benzene rings is 2. The Bertz CT molecular complexity index is 1020. The minimum Gasteiger partial charge on any atom is -0.351 e. The molecular formula is C22H23ClN6OS. The number of carbonyl (C=O) groups excluding carboxylic acids is 1. The average molecular weight is 455 g/mol. The van der Waals surface area contributed by atoms with Gasteiger partial charge in [0, 0.05) is 24.0 Å². The third-order valence-electron chi connectivity index (χ3n) is 5.67. The number of rotatable bonds is 5. The molecule has 3 N–H and O–H groups in total. The molecule has 5 rings (SSSR count). The summed E-state index contributed by atoms with van der Waals surface area (Å²) in [5.74, 6) is 0.242. The monoisotopic (exact) mass is 454 g/mol. The first-order chi connectivity index (χ1) is 15.2. The van der Waals surface area contributed by atoms with Crippen LogP contribution in [0.2, 0.25) is 5.02 Å². The number of nitrogens with zero attached hydrogens (tertiary/aromatic N) is 3. The Morgan fingerprint density at radius 1 is 1.16 bits per heavy atom. The molecule has 9 heteroatoms. The lowest BCUT2D eigenvalue weighted by Crippen LogP contribution is -2.54. The SMILES string of the molecule is O=C(CSC1=NNC2C3CC(c4ccccc4)NN3C=CN12)NCc1ccccc1Cl. The summed E-state index contributed by atoms with van der Waals surface area (Å²) in [4.78, 5) is 14.4. The van der Waals surface area contributed by atoms with Crippen LogP contribution in [0.5, 0.6) is 0 Å². The lowest BCUT2D eigenvalue weighted by Gasteiger charge is -2.36. The van der Waals surface area contributed by atoms with Crippen molar-refractivity contribution in [2.75, 3.05) is 5.75 Å². The number of hydrazine groups is 1. The number of thioether (sulfide) groups is 1. The van der Waals surface area contributed by atoms with Crippen LogP contribution in [0.25, 0.3) is 0 Å². The number of hydrazone groups is 1. The van der Waals surface area contributed by atoms with Gasteiger partial charge in [-0.1, -0.05) is 71.9 Å². The summed E-state index contributed by atoms with van der Waals surface area (Å²) in [6.07, 6.45) is 5.06. The van der Waals surface area contributed by atoms with Crippen LogP contribution in [0, 0.1) is 0 Å². The summed E-state index contributed by atoms with van der Waals surface area (Å²) in [7, 11) is 0. The predicted molar refractivity (Wildman–Crippen MR) is 124 cm³/mol. The van der Waals surface area contributed by atoms with Gasteiger partial charge in [-0.3, -0.25) is 10.2 Å². The Morgan fingerprint density at radius 3 is 2.81 bits per heavy atom. The molecule has 3 aliphatic heterocycles. The number of nitrogens with one attached hydrogen (secondary N) is 3. The molecule has 0 aromatic heterocycles. The number of amides is 1. The number of fused-ring (bicyclic) bond motifs is 3. The normalized spacial score (nSPS) is 23.8. The fourth-order valence-corrected chi connectivity index (χ4v) is 5.07. The highest BCUT2D eigenvalue weighted by Crippen LogP contribution is 2.34. The van der Waals surface area contributed by atoms with E-state index < -0.39 is 0 Å². The van der Waals surface area contributed by atoms with E-state index in [0.29, 0.717) is 17.3 Å². The van der Waals surface area contributed by atoms with Gasteiger partial charge in [0.1, 0.15) is 6.17 Å². The van der Waals surface area contributed by atoms with Gasteiger partial charge in [0.15, 0.2) is 5.17 Å². The van der Waals surface area contributed by atoms with Crippen LogP contribution in [0.3, 0.4) is 0 Å². The molecule has 0 saturated carbocycles. The molecule has 1 fully saturated rings. The standard InChI is InChI=1S/C22H23ClN6OS/c23-17-9-5-4-8-16(17)13-24-20(30)14-31-22-26-25-21-19-12-18(15-6-2-1-3-7-15)27-29(19)11-10-28(21)22/h1-11,18-19,21,25,27H,12-14H2,(H,24,30). The Balaban J connectivity index is 1.15. The third-order valence-corrected chi connectivity index (χ3v) is 7.01. The van der Waals surface area contributed by atoms with E-state index in [1.807, 2.05) is 42.7 Å². The van der Waals surface area contributed by atoms with Gasteiger partial charge in [0.05, 0.1) is 17.8 Å². The molecule has 7 nitrogen and oxygen atoms in total. The van der Waals surface area contributed by atoms with Crippen molar-refractivity contribution in [2.45, 2.75) is 31.2 Å². The van der Waals surface area contributed by atoms with E-state index in [2.05, 4.69) is 55.4 Å². The average Bonchev–Trinajstić information content (AvgIpc) is 3.41. The van der Waals surface area contributed by atoms with Crippen LogP contribution in [0.4, 0.5) is 0 Å². The van der Waals surface area contributed by atoms with Gasteiger partial charge in [0.2, 0.25) is 5.91 Å². The fraction of sp³-hybridized carbons (Fsp3) is 0.273. The fourth-order valence-electron chi connectivity index (χ4n) is 4.07. The first-order valence-corrected chi connectivity index (χ1v) is 11.6. The maximum atomic E-state index is 12.3. The molecule has 0 radical (unpaired) electrons. The second kappa shape index (κ2) is 8.82. The zero-order valence-electron chi connectivity index (χ0n) is 16.7. The summed E-state index contributed by atoms with van der Waals surface area (Å²) >= 11 is 7.58. The lowest BCUT2D eigenvalue weighted by atomic mass is 10.00. The highest BCUT2D eigenvalue weighted by molar-refractivity contribution is 8.14. The predicted octanol–water partition coefficient (Wildman–Crippen LogP) is 3.00. The Hall–Kier alpha value is -2.68. The van der Waals surface area contributed by atoms with E-state index in [1.165, 1.54) is 17.3 Å². The largest absolute Gasteiger partial charge is 0.351 e. The molecule has 31 heavy (non-hydrogen) atoms. The molecular weight excluding hydrogens is 432 g/mol. The zero-order valence-corrected chi connectivity index (χ0v) is 18.3. The molecule has 3 atom stereocenters. The molecule has 3 unspecified atom stereocenters. The van der Waals surface area contributed by atoms with Crippen LogP contribution in [0.15, 0.2) is 72.1 Å². The van der Waals surface area contributed by atoms with Crippen molar-refractivity contribution in [3.05, 3.63) is 83.1 Å². The molecule has 3 heterocycles. The van der Waals surface area contributed by atoms with Gasteiger partial charge in [-0.05, 0) is 23.6 Å². The highest BCUT2D eigenvalue weighted by atomic mass is 35.5. The van der Waals surface area contributed by atoms with Crippen molar-refractivity contribution in [1.29, 1.82) is 0 Å². The van der Waals surface area contributed by atoms with Crippen molar-refractivity contribution in [3.63, 3.8) is 0 Å². The van der Waals surface area contributed by atoms with Gasteiger partial charge in [-0.2, -0.15) is 5.10 Å². The van der Waals surface area contributed by atoms with E-state index in [9.17, 15) is 4.79 Å². The maximum Gasteiger partial charge on any atom is 0.230 e. The summed E-state index contributed by atoms with van der Waals surface area (Å²) in [5, 5.41) is 11.0. The van der Waals surface area contributed by atoms with Crippen molar-refractivity contribution in [3.8, 4) is 0 Å². The number of amidine groups is 1.